The van der Waals surface area contributed by atoms with E-state index in [0.717, 1.165) is 10.0 Å². The van der Waals surface area contributed by atoms with Crippen LogP contribution < -0.4 is 4.68 Å². The second-order valence-electron chi connectivity index (χ2n) is 3.06. The van der Waals surface area contributed by atoms with Crippen LogP contribution in [0.4, 0.5) is 0 Å². The number of hydrogen-bond donors (Lipinski definition) is 0. The van der Waals surface area contributed by atoms with Gasteiger partial charge in [-0.25, -0.2) is 0 Å². The summed E-state index contributed by atoms with van der Waals surface area (Å²) in [6.07, 6.45) is 5.62. The summed E-state index contributed by atoms with van der Waals surface area (Å²) in [6, 6.07) is 13.9. The van der Waals surface area contributed by atoms with E-state index in [1.807, 2.05) is 61.1 Å². The Morgan fingerprint density at radius 2 is 1.87 bits per heavy atom. The van der Waals surface area contributed by atoms with Crippen molar-refractivity contribution in [3.8, 4) is 0 Å². The zero-order valence-corrected chi connectivity index (χ0v) is 9.63. The summed E-state index contributed by atoms with van der Waals surface area (Å²) >= 11 is 3.42. The maximum atomic E-state index is 4.29. The maximum Gasteiger partial charge on any atom is 0.202 e. The molecule has 0 unspecified atom stereocenters. The fourth-order valence-corrected chi connectivity index (χ4v) is 1.60. The van der Waals surface area contributed by atoms with Gasteiger partial charge in [-0.05, 0) is 22.8 Å². The second kappa shape index (κ2) is 4.84. The normalized spacial score (nSPS) is 10.7. The van der Waals surface area contributed by atoms with Crippen LogP contribution >= 0.6 is 15.9 Å². The third-order valence-corrected chi connectivity index (χ3v) is 2.38. The van der Waals surface area contributed by atoms with Gasteiger partial charge in [-0.1, -0.05) is 38.8 Å². The van der Waals surface area contributed by atoms with Crippen LogP contribution in [0.1, 0.15) is 5.56 Å². The molecule has 0 atom stereocenters. The summed E-state index contributed by atoms with van der Waals surface area (Å²) in [6.45, 7) is 0. The lowest BCUT2D eigenvalue weighted by Crippen LogP contribution is -2.25. The molecule has 2 nitrogen and oxygen atoms in total. The van der Waals surface area contributed by atoms with Crippen molar-refractivity contribution in [3.63, 3.8) is 0 Å². The zero-order valence-electron chi connectivity index (χ0n) is 8.05. The SMILES string of the molecule is Brc1cccc(/C=N/[n+]2ccccc2)c1. The highest BCUT2D eigenvalue weighted by Gasteiger charge is 1.93. The molecule has 0 spiro atoms. The third kappa shape index (κ3) is 2.99. The first kappa shape index (κ1) is 10.1. The molecule has 0 amide bonds. The lowest BCUT2D eigenvalue weighted by atomic mass is 10.2. The van der Waals surface area contributed by atoms with Gasteiger partial charge < -0.3 is 0 Å². The first-order valence-electron chi connectivity index (χ1n) is 4.61. The van der Waals surface area contributed by atoms with Gasteiger partial charge in [-0.3, -0.25) is 0 Å². The molecular weight excluding hydrogens is 252 g/mol. The van der Waals surface area contributed by atoms with Crippen LogP contribution in [0.15, 0.2) is 64.4 Å². The summed E-state index contributed by atoms with van der Waals surface area (Å²) in [4.78, 5) is 0. The summed E-state index contributed by atoms with van der Waals surface area (Å²) in [7, 11) is 0. The molecule has 0 N–H and O–H groups in total. The molecule has 1 heterocycles. The Kier molecular flexibility index (Phi) is 3.25. The number of benzene rings is 1. The third-order valence-electron chi connectivity index (χ3n) is 1.89. The molecule has 0 fully saturated rings. The van der Waals surface area contributed by atoms with Crippen LogP contribution in [-0.2, 0) is 0 Å². The highest BCUT2D eigenvalue weighted by Crippen LogP contribution is 2.09. The van der Waals surface area contributed by atoms with Gasteiger partial charge in [-0.15, -0.1) is 0 Å². The van der Waals surface area contributed by atoms with Gasteiger partial charge in [0.2, 0.25) is 12.4 Å². The van der Waals surface area contributed by atoms with Crippen molar-refractivity contribution in [2.24, 2.45) is 5.10 Å². The van der Waals surface area contributed by atoms with Gasteiger partial charge in [0, 0.05) is 16.6 Å². The first-order chi connectivity index (χ1) is 7.34. The minimum absolute atomic E-state index is 1.06. The molecule has 74 valence electrons. The Hall–Kier alpha value is -1.48. The summed E-state index contributed by atoms with van der Waals surface area (Å²) in [5.41, 5.74) is 1.07. The van der Waals surface area contributed by atoms with Crippen molar-refractivity contribution < 1.29 is 4.68 Å². The molecule has 0 aliphatic heterocycles. The van der Waals surface area contributed by atoms with E-state index in [1.165, 1.54) is 0 Å². The molecule has 0 saturated carbocycles. The van der Waals surface area contributed by atoms with E-state index in [-0.39, 0.29) is 0 Å². The number of nitrogens with zero attached hydrogens (tertiary/aromatic N) is 2. The van der Waals surface area contributed by atoms with Gasteiger partial charge in [0.25, 0.3) is 0 Å². The predicted octanol–water partition coefficient (Wildman–Crippen LogP) is 2.62. The molecule has 0 radical (unpaired) electrons. The molecule has 0 aliphatic carbocycles. The smallest absolute Gasteiger partial charge is 0.0605 e. The zero-order chi connectivity index (χ0) is 10.5. The Labute approximate surface area is 97.0 Å². The van der Waals surface area contributed by atoms with E-state index in [9.17, 15) is 0 Å². The fourth-order valence-electron chi connectivity index (χ4n) is 1.19. The topological polar surface area (TPSA) is 16.2 Å². The van der Waals surface area contributed by atoms with Gasteiger partial charge >= 0.3 is 0 Å². The largest absolute Gasteiger partial charge is 0.202 e. The van der Waals surface area contributed by atoms with Crippen molar-refractivity contribution in [1.29, 1.82) is 0 Å². The van der Waals surface area contributed by atoms with Gasteiger partial charge in [0.05, 0.1) is 0 Å². The van der Waals surface area contributed by atoms with Crippen LogP contribution in [0.25, 0.3) is 0 Å². The number of halogens is 1. The lowest BCUT2D eigenvalue weighted by Gasteiger charge is -1.91. The van der Waals surface area contributed by atoms with Crippen molar-refractivity contribution in [2.75, 3.05) is 0 Å². The van der Waals surface area contributed by atoms with Gasteiger partial charge in [-0.2, -0.15) is 0 Å². The number of rotatable bonds is 2. The maximum absolute atomic E-state index is 4.29. The molecule has 0 bridgehead atoms. The van der Waals surface area contributed by atoms with Crippen LogP contribution in [0, 0.1) is 0 Å². The molecular formula is C12H10BrN2+. The standard InChI is InChI=1S/C12H10BrN2/c13-12-6-4-5-11(9-12)10-14-15-7-2-1-3-8-15/h1-10H/q+1/b14-10+. The molecule has 0 aliphatic rings. The number of aromatic nitrogens is 1. The van der Waals surface area contributed by atoms with Gasteiger partial charge in [0.1, 0.15) is 6.21 Å². The Morgan fingerprint density at radius 3 is 2.60 bits per heavy atom. The average Bonchev–Trinajstić information content (AvgIpc) is 2.28. The van der Waals surface area contributed by atoms with E-state index in [1.54, 1.807) is 4.68 Å². The summed E-state index contributed by atoms with van der Waals surface area (Å²) < 4.78 is 2.82. The van der Waals surface area contributed by atoms with Crippen LogP contribution in [0.2, 0.25) is 0 Å². The van der Waals surface area contributed by atoms with Crippen LogP contribution in [-0.4, -0.2) is 6.21 Å². The Morgan fingerprint density at radius 1 is 1.07 bits per heavy atom. The summed E-state index contributed by atoms with van der Waals surface area (Å²) in [5, 5.41) is 4.29. The van der Waals surface area contributed by atoms with Crippen molar-refractivity contribution in [3.05, 3.63) is 64.9 Å². The summed E-state index contributed by atoms with van der Waals surface area (Å²) in [5.74, 6) is 0. The van der Waals surface area contributed by atoms with E-state index in [4.69, 9.17) is 0 Å². The van der Waals surface area contributed by atoms with Gasteiger partial charge in [0.15, 0.2) is 0 Å². The molecule has 15 heavy (non-hydrogen) atoms. The Balaban J connectivity index is 2.19. The molecule has 1 aromatic carbocycles. The molecule has 2 aromatic rings. The van der Waals surface area contributed by atoms with Crippen molar-refractivity contribution >= 4 is 22.1 Å². The minimum atomic E-state index is 1.06. The molecule has 1 aromatic heterocycles. The number of pyridine rings is 1. The fraction of sp³-hybridized carbons (Fsp3) is 0. The molecule has 0 saturated heterocycles. The molecule has 2 rings (SSSR count). The first-order valence-corrected chi connectivity index (χ1v) is 5.40. The van der Waals surface area contributed by atoms with E-state index < -0.39 is 0 Å². The minimum Gasteiger partial charge on any atom is -0.0605 e. The van der Waals surface area contributed by atoms with Crippen molar-refractivity contribution in [1.82, 2.24) is 0 Å². The van der Waals surface area contributed by atoms with Crippen molar-refractivity contribution in [2.45, 2.75) is 0 Å². The second-order valence-corrected chi connectivity index (χ2v) is 3.97. The Bertz CT molecular complexity index is 466. The quantitative estimate of drug-likeness (QED) is 0.584. The number of hydrogen-bond acceptors (Lipinski definition) is 1. The average molecular weight is 262 g/mol. The highest BCUT2D eigenvalue weighted by atomic mass is 79.9. The predicted molar refractivity (Wildman–Crippen MR) is 63.8 cm³/mol. The van der Waals surface area contributed by atoms with Crippen LogP contribution in [0.5, 0.6) is 0 Å². The van der Waals surface area contributed by atoms with E-state index in [0.29, 0.717) is 0 Å². The highest BCUT2D eigenvalue weighted by molar-refractivity contribution is 9.10. The van der Waals surface area contributed by atoms with E-state index >= 15 is 0 Å². The molecule has 3 heteroatoms. The monoisotopic (exact) mass is 261 g/mol. The van der Waals surface area contributed by atoms with E-state index in [2.05, 4.69) is 21.0 Å². The van der Waals surface area contributed by atoms with Crippen LogP contribution in [0.3, 0.4) is 0 Å². The lowest BCUT2D eigenvalue weighted by molar-refractivity contribution is -0.678.